The van der Waals surface area contributed by atoms with Crippen molar-refractivity contribution in [1.82, 2.24) is 15.5 Å². The molecule has 0 aliphatic rings. The van der Waals surface area contributed by atoms with Crippen LogP contribution in [0.3, 0.4) is 0 Å². The number of nitrogens with zero attached hydrogens (tertiary/aromatic N) is 2. The third-order valence-electron chi connectivity index (χ3n) is 3.20. The minimum atomic E-state index is -1.22. The van der Waals surface area contributed by atoms with Gasteiger partial charge >= 0.3 is 5.97 Å². The lowest BCUT2D eigenvalue weighted by molar-refractivity contribution is -0.135. The molecular weight excluding hydrogens is 326 g/mol. The molecule has 0 aliphatic heterocycles. The van der Waals surface area contributed by atoms with Gasteiger partial charge in [-0.05, 0) is 18.1 Å². The summed E-state index contributed by atoms with van der Waals surface area (Å²) in [6.07, 6.45) is 1.29. The molecule has 25 heavy (non-hydrogen) atoms. The third kappa shape index (κ3) is 3.40. The van der Waals surface area contributed by atoms with Crippen molar-refractivity contribution < 1.29 is 24.3 Å². The number of rotatable bonds is 3. The summed E-state index contributed by atoms with van der Waals surface area (Å²) in [4.78, 5) is 26.2. The zero-order chi connectivity index (χ0) is 17.8. The second-order valence-electron chi connectivity index (χ2n) is 4.92. The lowest BCUT2D eigenvalue weighted by atomic mass is 10.2. The molecule has 0 spiro atoms. The molecule has 0 radical (unpaired) electrons. The monoisotopic (exact) mass is 337 g/mol. The van der Waals surface area contributed by atoms with Crippen LogP contribution in [0.1, 0.15) is 21.7 Å². The smallest absolute Gasteiger partial charge is 0.322 e. The van der Waals surface area contributed by atoms with Crippen molar-refractivity contribution in [2.45, 2.75) is 0 Å². The van der Waals surface area contributed by atoms with Crippen molar-refractivity contribution in [3.05, 3.63) is 53.5 Å². The average molecular weight is 337 g/mol. The number of aromatic hydroxyl groups is 1. The van der Waals surface area contributed by atoms with Gasteiger partial charge in [0, 0.05) is 11.8 Å². The fraction of sp³-hybridized carbons (Fsp3) is 0.0588. The number of carboxylic acid groups (broad SMARTS) is 1. The Balaban J connectivity index is 1.93. The van der Waals surface area contributed by atoms with Crippen LogP contribution in [0.5, 0.6) is 5.75 Å². The Morgan fingerprint density at radius 3 is 2.68 bits per heavy atom. The van der Waals surface area contributed by atoms with E-state index in [1.54, 1.807) is 0 Å². The summed E-state index contributed by atoms with van der Waals surface area (Å²) in [5.41, 5.74) is 0.639. The first-order chi connectivity index (χ1) is 12.1. The molecule has 8 nitrogen and oxygen atoms in total. The first-order valence-electron chi connectivity index (χ1n) is 7.10. The van der Waals surface area contributed by atoms with Crippen LogP contribution in [0.15, 0.2) is 41.1 Å². The van der Waals surface area contributed by atoms with Crippen molar-refractivity contribution in [1.29, 1.82) is 0 Å². The summed E-state index contributed by atoms with van der Waals surface area (Å²) < 4.78 is 5.05. The molecule has 1 aromatic carbocycles. The minimum absolute atomic E-state index is 0.0483. The van der Waals surface area contributed by atoms with Gasteiger partial charge < -0.3 is 20.1 Å². The molecule has 0 fully saturated rings. The molecule has 2 heterocycles. The Bertz CT molecular complexity index is 1020. The second-order valence-corrected chi connectivity index (χ2v) is 4.92. The van der Waals surface area contributed by atoms with Gasteiger partial charge in [0.2, 0.25) is 5.58 Å². The second kappa shape index (κ2) is 6.72. The van der Waals surface area contributed by atoms with Gasteiger partial charge in [-0.3, -0.25) is 9.59 Å². The fourth-order valence-electron chi connectivity index (χ4n) is 2.03. The predicted octanol–water partition coefficient (Wildman–Crippen LogP) is 1.14. The maximum Gasteiger partial charge on any atom is 0.322 e. The Hall–Kier alpha value is -3.86. The summed E-state index contributed by atoms with van der Waals surface area (Å²) in [6.45, 7) is -0.595. The molecule has 0 atom stereocenters. The molecule has 2 aromatic heterocycles. The minimum Gasteiger partial charge on any atom is -0.503 e. The number of hydrogen-bond donors (Lipinski definition) is 3. The highest BCUT2D eigenvalue weighted by Gasteiger charge is 2.20. The molecular formula is C17H11N3O5. The first kappa shape index (κ1) is 16.0. The van der Waals surface area contributed by atoms with Crippen LogP contribution in [-0.2, 0) is 4.79 Å². The summed E-state index contributed by atoms with van der Waals surface area (Å²) in [6, 6.07) is 9.22. The summed E-state index contributed by atoms with van der Waals surface area (Å²) in [5.74, 6) is 3.14. The van der Waals surface area contributed by atoms with Gasteiger partial charge in [0.15, 0.2) is 17.1 Å². The van der Waals surface area contributed by atoms with Crippen LogP contribution in [0.2, 0.25) is 0 Å². The topological polar surface area (TPSA) is 126 Å². The van der Waals surface area contributed by atoms with E-state index in [1.807, 2.05) is 30.3 Å². The number of fused-ring (bicyclic) bond motifs is 1. The summed E-state index contributed by atoms with van der Waals surface area (Å²) in [5, 5.41) is 24.9. The van der Waals surface area contributed by atoms with E-state index in [1.165, 1.54) is 6.20 Å². The van der Waals surface area contributed by atoms with Crippen LogP contribution in [0.4, 0.5) is 0 Å². The molecule has 3 rings (SSSR count). The van der Waals surface area contributed by atoms with E-state index in [2.05, 4.69) is 27.3 Å². The standard InChI is InChI=1S/C17H11N3O5/c21-13(22)9-19-17(24)14-15(23)16-11(8-18-14)12(20-25-16)7-6-10-4-2-1-3-5-10/h1-5,8,23H,9H2,(H,19,24)(H,21,22). The number of aliphatic carboxylic acids is 1. The number of nitrogens with one attached hydrogen (secondary N) is 1. The molecule has 0 aliphatic carbocycles. The quantitative estimate of drug-likeness (QED) is 0.612. The number of carboxylic acids is 1. The van der Waals surface area contributed by atoms with E-state index in [0.29, 0.717) is 5.39 Å². The number of hydrogen-bond acceptors (Lipinski definition) is 6. The number of pyridine rings is 1. The Morgan fingerprint density at radius 1 is 1.20 bits per heavy atom. The van der Waals surface area contributed by atoms with Gasteiger partial charge in [0.05, 0.1) is 5.39 Å². The van der Waals surface area contributed by atoms with E-state index >= 15 is 0 Å². The Kier molecular flexibility index (Phi) is 4.30. The van der Waals surface area contributed by atoms with Crippen LogP contribution in [0.25, 0.3) is 11.0 Å². The molecule has 3 N–H and O–H groups in total. The molecule has 0 unspecified atom stereocenters. The third-order valence-corrected chi connectivity index (χ3v) is 3.20. The highest BCUT2D eigenvalue weighted by atomic mass is 16.5. The number of amides is 1. The summed E-state index contributed by atoms with van der Waals surface area (Å²) in [7, 11) is 0. The zero-order valence-electron chi connectivity index (χ0n) is 12.7. The maximum absolute atomic E-state index is 11.8. The molecule has 8 heteroatoms. The van der Waals surface area contributed by atoms with Crippen molar-refractivity contribution in [3.63, 3.8) is 0 Å². The Morgan fingerprint density at radius 2 is 1.96 bits per heavy atom. The molecule has 124 valence electrons. The predicted molar refractivity (Wildman–Crippen MR) is 85.9 cm³/mol. The van der Waals surface area contributed by atoms with Crippen LogP contribution >= 0.6 is 0 Å². The maximum atomic E-state index is 11.8. The number of benzene rings is 1. The molecule has 1 amide bonds. The normalized spacial score (nSPS) is 10.1. The van der Waals surface area contributed by atoms with Gasteiger partial charge in [0.25, 0.3) is 5.91 Å². The zero-order valence-corrected chi connectivity index (χ0v) is 12.7. The van der Waals surface area contributed by atoms with Crippen molar-refractivity contribution >= 4 is 22.8 Å². The van der Waals surface area contributed by atoms with Gasteiger partial charge in [-0.25, -0.2) is 4.98 Å². The highest BCUT2D eigenvalue weighted by molar-refractivity contribution is 6.01. The SMILES string of the molecule is O=C(O)CNC(=O)c1ncc2c(C#Cc3ccccc3)noc2c1O. The van der Waals surface area contributed by atoms with E-state index in [9.17, 15) is 14.7 Å². The van der Waals surface area contributed by atoms with Crippen molar-refractivity contribution in [2.24, 2.45) is 0 Å². The van der Waals surface area contributed by atoms with Crippen LogP contribution in [-0.4, -0.2) is 38.8 Å². The van der Waals surface area contributed by atoms with E-state index in [4.69, 9.17) is 9.63 Å². The van der Waals surface area contributed by atoms with Crippen LogP contribution < -0.4 is 5.32 Å². The Labute approximate surface area is 141 Å². The lowest BCUT2D eigenvalue weighted by Gasteiger charge is -2.03. The fourth-order valence-corrected chi connectivity index (χ4v) is 2.03. The summed E-state index contributed by atoms with van der Waals surface area (Å²) >= 11 is 0. The lowest BCUT2D eigenvalue weighted by Crippen LogP contribution is -2.29. The average Bonchev–Trinajstić information content (AvgIpc) is 3.03. The molecule has 3 aromatic rings. The van der Waals surface area contributed by atoms with Gasteiger partial charge in [-0.2, -0.15) is 0 Å². The number of aromatic nitrogens is 2. The van der Waals surface area contributed by atoms with E-state index < -0.39 is 24.2 Å². The highest BCUT2D eigenvalue weighted by Crippen LogP contribution is 2.28. The van der Waals surface area contributed by atoms with E-state index in [0.717, 1.165) is 5.56 Å². The van der Waals surface area contributed by atoms with Gasteiger partial charge in [-0.15, -0.1) is 0 Å². The van der Waals surface area contributed by atoms with E-state index in [-0.39, 0.29) is 17.0 Å². The number of carbonyl (C=O) groups excluding carboxylic acids is 1. The number of carbonyl (C=O) groups is 2. The van der Waals surface area contributed by atoms with Crippen molar-refractivity contribution in [3.8, 4) is 17.6 Å². The largest absolute Gasteiger partial charge is 0.503 e. The first-order valence-corrected chi connectivity index (χ1v) is 7.10. The van der Waals surface area contributed by atoms with Crippen molar-refractivity contribution in [2.75, 3.05) is 6.54 Å². The van der Waals surface area contributed by atoms with Gasteiger partial charge in [-0.1, -0.05) is 29.3 Å². The van der Waals surface area contributed by atoms with Crippen LogP contribution in [0, 0.1) is 11.8 Å². The molecule has 0 bridgehead atoms. The molecule has 0 saturated heterocycles. The van der Waals surface area contributed by atoms with Gasteiger partial charge in [0.1, 0.15) is 6.54 Å². The molecule has 0 saturated carbocycles.